The van der Waals surface area contributed by atoms with E-state index in [9.17, 15) is 18.7 Å². The number of fused-ring (bicyclic) bond motifs is 1. The third-order valence-electron chi connectivity index (χ3n) is 6.43. The Bertz CT molecular complexity index is 1250. The summed E-state index contributed by atoms with van der Waals surface area (Å²) in [5.74, 6) is -2.38. The van der Waals surface area contributed by atoms with Crippen LogP contribution in [0.1, 0.15) is 30.1 Å². The van der Waals surface area contributed by atoms with Gasteiger partial charge in [-0.1, -0.05) is 0 Å². The van der Waals surface area contributed by atoms with Crippen LogP contribution in [0.25, 0.3) is 10.9 Å². The molecule has 0 radical (unpaired) electrons. The van der Waals surface area contributed by atoms with Gasteiger partial charge in [-0.15, -0.1) is 0 Å². The van der Waals surface area contributed by atoms with E-state index in [-0.39, 0.29) is 16.9 Å². The summed E-state index contributed by atoms with van der Waals surface area (Å²) in [5.41, 5.74) is 3.42. The lowest BCUT2D eigenvalue weighted by Crippen LogP contribution is -2.36. The first-order valence-electron chi connectivity index (χ1n) is 11.2. The minimum atomic E-state index is -0.928. The van der Waals surface area contributed by atoms with Crippen molar-refractivity contribution in [1.29, 1.82) is 0 Å². The van der Waals surface area contributed by atoms with Gasteiger partial charge in [0.2, 0.25) is 0 Å². The first-order valence-corrected chi connectivity index (χ1v) is 11.2. The van der Waals surface area contributed by atoms with Crippen molar-refractivity contribution in [3.8, 4) is 0 Å². The third-order valence-corrected chi connectivity index (χ3v) is 6.43. The summed E-state index contributed by atoms with van der Waals surface area (Å²) < 4.78 is 34.5. The van der Waals surface area contributed by atoms with Gasteiger partial charge >= 0.3 is 5.97 Å². The van der Waals surface area contributed by atoms with E-state index in [0.29, 0.717) is 48.7 Å². The molecule has 0 bridgehead atoms. The van der Waals surface area contributed by atoms with E-state index in [1.165, 1.54) is 6.07 Å². The number of benzene rings is 1. The van der Waals surface area contributed by atoms with Gasteiger partial charge in [-0.05, 0) is 31.4 Å². The predicted octanol–water partition coefficient (Wildman–Crippen LogP) is 3.67. The standard InChI is InChI=1S/C24H25F2N5O3/c1-13-22(18-2-3-19(29-18)24(32)33)30-20-9-14(25)8-17(26)21(20)23(13)28-15-10-16(12-27-11-15)31-4-6-34-7-5-31/h8-12,18-19,29H,2-7H2,1H3,(H,28,30)(H,32,33). The van der Waals surface area contributed by atoms with Gasteiger partial charge in [-0.3, -0.25) is 20.1 Å². The van der Waals surface area contributed by atoms with E-state index < -0.39 is 23.6 Å². The van der Waals surface area contributed by atoms with Gasteiger partial charge in [0.1, 0.15) is 17.7 Å². The Morgan fingerprint density at radius 3 is 2.74 bits per heavy atom. The van der Waals surface area contributed by atoms with Crippen molar-refractivity contribution in [3.05, 3.63) is 53.5 Å². The van der Waals surface area contributed by atoms with Crippen molar-refractivity contribution in [3.63, 3.8) is 0 Å². The van der Waals surface area contributed by atoms with Crippen LogP contribution >= 0.6 is 0 Å². The second-order valence-corrected chi connectivity index (χ2v) is 8.62. The molecule has 5 rings (SSSR count). The number of aromatic nitrogens is 2. The van der Waals surface area contributed by atoms with Gasteiger partial charge in [0, 0.05) is 25.2 Å². The van der Waals surface area contributed by atoms with Crippen molar-refractivity contribution in [2.45, 2.75) is 31.8 Å². The number of halogens is 2. The van der Waals surface area contributed by atoms with Crippen LogP contribution in [0, 0.1) is 18.6 Å². The maximum absolute atomic E-state index is 15.0. The number of aliphatic carboxylic acids is 1. The molecule has 34 heavy (non-hydrogen) atoms. The van der Waals surface area contributed by atoms with Crippen molar-refractivity contribution in [1.82, 2.24) is 15.3 Å². The highest BCUT2D eigenvalue weighted by atomic mass is 19.1. The molecule has 2 fully saturated rings. The Balaban J connectivity index is 1.57. The number of ether oxygens (including phenoxy) is 1. The smallest absolute Gasteiger partial charge is 0.320 e. The predicted molar refractivity (Wildman–Crippen MR) is 123 cm³/mol. The molecule has 178 valence electrons. The molecule has 1 aromatic carbocycles. The highest BCUT2D eigenvalue weighted by molar-refractivity contribution is 5.96. The molecule has 0 spiro atoms. The lowest BCUT2D eigenvalue weighted by molar-refractivity contribution is -0.139. The molecule has 10 heteroatoms. The first-order chi connectivity index (χ1) is 16.4. The van der Waals surface area contributed by atoms with Gasteiger partial charge < -0.3 is 20.1 Å². The number of anilines is 3. The lowest BCUT2D eigenvalue weighted by atomic mass is 10.0. The van der Waals surface area contributed by atoms with Crippen molar-refractivity contribution < 1.29 is 23.4 Å². The summed E-state index contributed by atoms with van der Waals surface area (Å²) in [4.78, 5) is 22.5. The first kappa shape index (κ1) is 22.4. The quantitative estimate of drug-likeness (QED) is 0.521. The maximum Gasteiger partial charge on any atom is 0.320 e. The van der Waals surface area contributed by atoms with E-state index in [0.717, 1.165) is 24.8 Å². The molecule has 8 nitrogen and oxygen atoms in total. The fourth-order valence-corrected chi connectivity index (χ4v) is 4.71. The molecule has 2 unspecified atom stereocenters. The Morgan fingerprint density at radius 1 is 1.21 bits per heavy atom. The highest BCUT2D eigenvalue weighted by Gasteiger charge is 2.32. The molecule has 2 aliphatic rings. The molecule has 0 saturated carbocycles. The number of hydrogen-bond donors (Lipinski definition) is 3. The van der Waals surface area contributed by atoms with Crippen LogP contribution in [0.4, 0.5) is 25.8 Å². The van der Waals surface area contributed by atoms with Gasteiger partial charge in [0.25, 0.3) is 0 Å². The molecule has 2 saturated heterocycles. The maximum atomic E-state index is 15.0. The molecule has 3 aromatic rings. The van der Waals surface area contributed by atoms with Gasteiger partial charge in [0.05, 0.1) is 65.3 Å². The van der Waals surface area contributed by atoms with Gasteiger partial charge in [-0.25, -0.2) is 8.78 Å². The minimum absolute atomic E-state index is 0.165. The normalized spacial score (nSPS) is 20.6. The number of pyridine rings is 2. The largest absolute Gasteiger partial charge is 0.480 e. The molecule has 2 aromatic heterocycles. The molecule has 0 aliphatic carbocycles. The summed E-state index contributed by atoms with van der Waals surface area (Å²) in [7, 11) is 0. The van der Waals surface area contributed by atoms with Crippen LogP contribution < -0.4 is 15.5 Å². The average molecular weight is 469 g/mol. The van der Waals surface area contributed by atoms with Crippen molar-refractivity contribution >= 4 is 33.9 Å². The van der Waals surface area contributed by atoms with Gasteiger partial charge in [-0.2, -0.15) is 0 Å². The Kier molecular flexibility index (Phi) is 6.01. The number of hydrogen-bond acceptors (Lipinski definition) is 7. The van der Waals surface area contributed by atoms with Crippen LogP contribution in [0.15, 0.2) is 30.6 Å². The average Bonchev–Trinajstić information content (AvgIpc) is 3.32. The minimum Gasteiger partial charge on any atom is -0.480 e. The summed E-state index contributed by atoms with van der Waals surface area (Å²) in [5, 5.41) is 15.9. The van der Waals surface area contributed by atoms with E-state index in [1.807, 2.05) is 13.0 Å². The Hall–Kier alpha value is -3.37. The highest BCUT2D eigenvalue weighted by Crippen LogP contribution is 2.38. The zero-order chi connectivity index (χ0) is 23.8. The van der Waals surface area contributed by atoms with Crippen molar-refractivity contribution in [2.24, 2.45) is 0 Å². The summed E-state index contributed by atoms with van der Waals surface area (Å²) in [6.07, 6.45) is 4.42. The summed E-state index contributed by atoms with van der Waals surface area (Å²) in [6.45, 7) is 4.58. The van der Waals surface area contributed by atoms with Crippen LogP contribution in [-0.4, -0.2) is 53.4 Å². The number of carboxylic acid groups (broad SMARTS) is 1. The molecular formula is C24H25F2N5O3. The van der Waals surface area contributed by atoms with E-state index in [4.69, 9.17) is 4.74 Å². The topological polar surface area (TPSA) is 99.6 Å². The number of morpholine rings is 1. The van der Waals surface area contributed by atoms with Crippen LogP contribution in [0.5, 0.6) is 0 Å². The number of nitrogens with zero attached hydrogens (tertiary/aromatic N) is 3. The SMILES string of the molecule is Cc1c(C2CCC(C(=O)O)N2)nc2cc(F)cc(F)c2c1Nc1cncc(N2CCOCC2)c1. The number of carboxylic acids is 1. The molecule has 2 atom stereocenters. The van der Waals surface area contributed by atoms with E-state index in [2.05, 4.69) is 25.5 Å². The lowest BCUT2D eigenvalue weighted by Gasteiger charge is -2.29. The van der Waals surface area contributed by atoms with Crippen LogP contribution in [0.2, 0.25) is 0 Å². The Morgan fingerprint density at radius 2 is 2.00 bits per heavy atom. The number of nitrogens with one attached hydrogen (secondary N) is 2. The monoisotopic (exact) mass is 469 g/mol. The third kappa shape index (κ3) is 4.26. The summed E-state index contributed by atoms with van der Waals surface area (Å²) >= 11 is 0. The molecular weight excluding hydrogens is 444 g/mol. The number of rotatable bonds is 5. The Labute approximate surface area is 195 Å². The fraction of sp³-hybridized carbons (Fsp3) is 0.375. The molecule has 4 heterocycles. The molecule has 3 N–H and O–H groups in total. The summed E-state index contributed by atoms with van der Waals surface area (Å²) in [6, 6.07) is 2.94. The van der Waals surface area contributed by atoms with Gasteiger partial charge in [0.15, 0.2) is 0 Å². The van der Waals surface area contributed by atoms with Crippen LogP contribution in [-0.2, 0) is 9.53 Å². The van der Waals surface area contributed by atoms with E-state index >= 15 is 0 Å². The second kappa shape index (κ2) is 9.11. The second-order valence-electron chi connectivity index (χ2n) is 8.62. The zero-order valence-electron chi connectivity index (χ0n) is 18.6. The number of carbonyl (C=O) groups is 1. The molecule has 2 aliphatic heterocycles. The zero-order valence-corrected chi connectivity index (χ0v) is 18.6. The van der Waals surface area contributed by atoms with Crippen LogP contribution in [0.3, 0.4) is 0 Å². The van der Waals surface area contributed by atoms with Crippen molar-refractivity contribution in [2.75, 3.05) is 36.5 Å². The fourth-order valence-electron chi connectivity index (χ4n) is 4.71. The molecule has 0 amide bonds. The van der Waals surface area contributed by atoms with E-state index in [1.54, 1.807) is 12.4 Å².